The summed E-state index contributed by atoms with van der Waals surface area (Å²) in [5.41, 5.74) is 0. The fraction of sp³-hybridized carbons (Fsp3) is 0. The van der Waals surface area contributed by atoms with Crippen molar-refractivity contribution >= 4 is 39.1 Å². The van der Waals surface area contributed by atoms with Crippen LogP contribution < -0.4 is 5.32 Å². The van der Waals surface area contributed by atoms with Gasteiger partial charge in [0.25, 0.3) is 11.8 Å². The quantitative estimate of drug-likeness (QED) is 0.722. The average molecular weight is 260 g/mol. The summed E-state index contributed by atoms with van der Waals surface area (Å²) in [6.45, 7) is 0. The van der Waals surface area contributed by atoms with Crippen LogP contribution >= 0.6 is 27.3 Å². The minimum absolute atomic E-state index is 0.329. The van der Waals surface area contributed by atoms with E-state index in [0.717, 1.165) is 0 Å². The van der Waals surface area contributed by atoms with Crippen molar-refractivity contribution < 1.29 is 9.59 Å². The van der Waals surface area contributed by atoms with Gasteiger partial charge in [0.05, 0.1) is 3.79 Å². The lowest BCUT2D eigenvalue weighted by Crippen LogP contribution is -2.19. The Kier molecular flexibility index (Phi) is 3.85. The molecule has 68 valence electrons. The second-order valence-electron chi connectivity index (χ2n) is 2.10. The first-order chi connectivity index (χ1) is 6.18. The largest absolute Gasteiger partial charge is 0.289 e. The highest BCUT2D eigenvalue weighted by atomic mass is 79.9. The van der Waals surface area contributed by atoms with E-state index in [9.17, 15) is 9.59 Å². The number of hydrogen-bond acceptors (Lipinski definition) is 3. The molecule has 0 atom stereocenters. The Balaban J connectivity index is 0.000000132. The minimum atomic E-state index is -0.329. The third-order valence-corrected chi connectivity index (χ3v) is 2.60. The van der Waals surface area contributed by atoms with Crippen LogP contribution in [0.25, 0.3) is 0 Å². The highest BCUT2D eigenvalue weighted by Gasteiger charge is 2.06. The molecule has 1 N–H and O–H groups in total. The molecule has 0 fully saturated rings. The fourth-order valence-electron chi connectivity index (χ4n) is 0.615. The van der Waals surface area contributed by atoms with E-state index in [1.165, 1.54) is 15.9 Å². The van der Waals surface area contributed by atoms with Crippen molar-refractivity contribution in [3.8, 4) is 0 Å². The summed E-state index contributed by atoms with van der Waals surface area (Å²) in [5.74, 6) is -0.657. The monoisotopic (exact) mass is 259 g/mol. The average Bonchev–Trinajstić information content (AvgIpc) is 2.64. The molecule has 0 spiro atoms. The van der Waals surface area contributed by atoms with E-state index in [0.29, 0.717) is 0 Å². The number of hydrogen-bond donors (Lipinski definition) is 1. The third-order valence-electron chi connectivity index (χ3n) is 1.12. The molecule has 1 aliphatic rings. The van der Waals surface area contributed by atoms with E-state index in [4.69, 9.17) is 0 Å². The Morgan fingerprint density at radius 3 is 2.00 bits per heavy atom. The minimum Gasteiger partial charge on any atom is -0.289 e. The Bertz CT molecular complexity index is 316. The Labute approximate surface area is 87.6 Å². The molecule has 0 radical (unpaired) electrons. The molecule has 1 aliphatic heterocycles. The molecule has 0 saturated heterocycles. The summed E-state index contributed by atoms with van der Waals surface area (Å²) in [6.07, 6.45) is 2.39. The maximum Gasteiger partial charge on any atom is 0.250 e. The molecule has 3 nitrogen and oxygen atoms in total. The van der Waals surface area contributed by atoms with Crippen LogP contribution in [0.2, 0.25) is 0 Å². The highest BCUT2D eigenvalue weighted by molar-refractivity contribution is 9.11. The standard InChI is InChI=1S/C4H3BrS.C4H3NO2/c5-4-2-1-3-6-4;6-3-1-2-4(7)5-3/h1-3H;1-2H,(H,5,6,7). The van der Waals surface area contributed by atoms with Crippen LogP contribution in [0.1, 0.15) is 0 Å². The SMILES string of the molecule is Brc1cccs1.O=C1C=CC(=O)N1. The molecule has 13 heavy (non-hydrogen) atoms. The van der Waals surface area contributed by atoms with Gasteiger partial charge < -0.3 is 0 Å². The fourth-order valence-corrected chi connectivity index (χ4v) is 1.54. The third kappa shape index (κ3) is 4.00. The second kappa shape index (κ2) is 4.94. The van der Waals surface area contributed by atoms with Gasteiger partial charge in [-0.1, -0.05) is 6.07 Å². The number of rotatable bonds is 0. The van der Waals surface area contributed by atoms with Crippen molar-refractivity contribution in [2.24, 2.45) is 0 Å². The zero-order chi connectivity index (χ0) is 9.68. The molecule has 2 rings (SSSR count). The zero-order valence-corrected chi connectivity index (χ0v) is 8.89. The molecular formula is C8H6BrNO2S. The van der Waals surface area contributed by atoms with Crippen LogP contribution in [0.15, 0.2) is 33.5 Å². The van der Waals surface area contributed by atoms with Gasteiger partial charge in [-0.3, -0.25) is 14.9 Å². The summed E-state index contributed by atoms with van der Waals surface area (Å²) in [7, 11) is 0. The van der Waals surface area contributed by atoms with Gasteiger partial charge in [0, 0.05) is 12.2 Å². The van der Waals surface area contributed by atoms with Crippen LogP contribution in [0.3, 0.4) is 0 Å². The number of amides is 2. The lowest BCUT2D eigenvalue weighted by Gasteiger charge is -1.80. The van der Waals surface area contributed by atoms with E-state index >= 15 is 0 Å². The number of thiophene rings is 1. The predicted octanol–water partition coefficient (Wildman–Crippen LogP) is 1.71. The molecule has 0 saturated carbocycles. The number of imide groups is 1. The van der Waals surface area contributed by atoms with E-state index in [2.05, 4.69) is 15.9 Å². The molecule has 0 aliphatic carbocycles. The zero-order valence-electron chi connectivity index (χ0n) is 6.49. The van der Waals surface area contributed by atoms with Crippen molar-refractivity contribution in [2.75, 3.05) is 0 Å². The Morgan fingerprint density at radius 1 is 1.23 bits per heavy atom. The van der Waals surface area contributed by atoms with Gasteiger partial charge in [-0.25, -0.2) is 0 Å². The van der Waals surface area contributed by atoms with Crippen LogP contribution in [-0.4, -0.2) is 11.8 Å². The Morgan fingerprint density at radius 2 is 1.85 bits per heavy atom. The van der Waals surface area contributed by atoms with Crippen LogP contribution in [0, 0.1) is 0 Å². The lowest BCUT2D eigenvalue weighted by atomic mass is 10.6. The molecule has 0 unspecified atom stereocenters. The number of nitrogens with one attached hydrogen (secondary N) is 1. The molecule has 5 heteroatoms. The predicted molar refractivity (Wildman–Crippen MR) is 54.3 cm³/mol. The first kappa shape index (κ1) is 10.1. The summed E-state index contributed by atoms with van der Waals surface area (Å²) < 4.78 is 1.20. The summed E-state index contributed by atoms with van der Waals surface area (Å²) in [6, 6.07) is 4.03. The second-order valence-corrected chi connectivity index (χ2v) is 4.43. The van der Waals surface area contributed by atoms with Crippen LogP contribution in [0.5, 0.6) is 0 Å². The van der Waals surface area contributed by atoms with Crippen LogP contribution in [-0.2, 0) is 9.59 Å². The van der Waals surface area contributed by atoms with Gasteiger partial charge in [0.2, 0.25) is 0 Å². The normalized spacial score (nSPS) is 13.6. The maximum atomic E-state index is 10.0. The van der Waals surface area contributed by atoms with E-state index in [1.807, 2.05) is 22.8 Å². The number of carbonyl (C=O) groups excluding carboxylic acids is 2. The first-order valence-electron chi connectivity index (χ1n) is 3.40. The molecule has 0 bridgehead atoms. The molecule has 1 aromatic rings. The van der Waals surface area contributed by atoms with E-state index in [-0.39, 0.29) is 11.8 Å². The summed E-state index contributed by atoms with van der Waals surface area (Å²) in [4.78, 5) is 20.1. The van der Waals surface area contributed by atoms with Crippen molar-refractivity contribution in [2.45, 2.75) is 0 Å². The number of carbonyl (C=O) groups is 2. The molecule has 2 amide bonds. The van der Waals surface area contributed by atoms with Gasteiger partial charge in [-0.2, -0.15) is 0 Å². The lowest BCUT2D eigenvalue weighted by molar-refractivity contribution is -0.123. The summed E-state index contributed by atoms with van der Waals surface area (Å²) in [5, 5.41) is 4.06. The Hall–Kier alpha value is -0.940. The van der Waals surface area contributed by atoms with Gasteiger partial charge in [-0.05, 0) is 27.4 Å². The van der Waals surface area contributed by atoms with E-state index in [1.54, 1.807) is 11.3 Å². The molecular weight excluding hydrogens is 254 g/mol. The first-order valence-corrected chi connectivity index (χ1v) is 5.08. The smallest absolute Gasteiger partial charge is 0.250 e. The van der Waals surface area contributed by atoms with Crippen molar-refractivity contribution in [1.29, 1.82) is 0 Å². The number of halogens is 1. The summed E-state index contributed by atoms with van der Waals surface area (Å²) >= 11 is 4.99. The van der Waals surface area contributed by atoms with E-state index < -0.39 is 0 Å². The topological polar surface area (TPSA) is 46.2 Å². The van der Waals surface area contributed by atoms with Crippen molar-refractivity contribution in [1.82, 2.24) is 5.32 Å². The molecule has 1 aromatic heterocycles. The van der Waals surface area contributed by atoms with Gasteiger partial charge in [0.15, 0.2) is 0 Å². The maximum absolute atomic E-state index is 10.0. The van der Waals surface area contributed by atoms with Crippen LogP contribution in [0.4, 0.5) is 0 Å². The van der Waals surface area contributed by atoms with Gasteiger partial charge in [0.1, 0.15) is 0 Å². The molecule has 0 aromatic carbocycles. The van der Waals surface area contributed by atoms with Crippen molar-refractivity contribution in [3.05, 3.63) is 33.5 Å². The van der Waals surface area contributed by atoms with Crippen molar-refractivity contribution in [3.63, 3.8) is 0 Å². The molecule has 2 heterocycles. The van der Waals surface area contributed by atoms with Gasteiger partial charge in [-0.15, -0.1) is 11.3 Å². The van der Waals surface area contributed by atoms with Gasteiger partial charge >= 0.3 is 0 Å². The highest BCUT2D eigenvalue weighted by Crippen LogP contribution is 2.14.